The topological polar surface area (TPSA) is 26.3 Å². The predicted octanol–water partition coefficient (Wildman–Crippen LogP) is 3.09. The van der Waals surface area contributed by atoms with Crippen molar-refractivity contribution in [2.75, 3.05) is 7.11 Å². The molecule has 13 heavy (non-hydrogen) atoms. The molecule has 0 saturated carbocycles. The maximum absolute atomic E-state index is 11.1. The van der Waals surface area contributed by atoms with E-state index >= 15 is 0 Å². The number of ether oxygens (including phenoxy) is 1. The standard InChI is InChI=1S/C9H8Cl2O2/c1-5-3-6(9(12)13-2)8(11)4-7(5)10/h3-4H,1-2H3. The SMILES string of the molecule is COC(=O)c1cc(C)c(Cl)cc1Cl. The molecule has 0 aliphatic rings. The number of methoxy groups -OCH3 is 1. The van der Waals surface area contributed by atoms with Gasteiger partial charge in [-0.05, 0) is 24.6 Å². The van der Waals surface area contributed by atoms with Crippen LogP contribution in [0.1, 0.15) is 15.9 Å². The second-order valence-corrected chi connectivity index (χ2v) is 3.39. The second-order valence-electron chi connectivity index (χ2n) is 2.57. The lowest BCUT2D eigenvalue weighted by atomic mass is 10.1. The quantitative estimate of drug-likeness (QED) is 0.678. The summed E-state index contributed by atoms with van der Waals surface area (Å²) in [6.07, 6.45) is 0. The highest BCUT2D eigenvalue weighted by Crippen LogP contribution is 2.25. The highest BCUT2D eigenvalue weighted by Gasteiger charge is 2.12. The van der Waals surface area contributed by atoms with E-state index in [9.17, 15) is 4.79 Å². The van der Waals surface area contributed by atoms with Crippen molar-refractivity contribution in [2.45, 2.75) is 6.92 Å². The summed E-state index contributed by atoms with van der Waals surface area (Å²) in [4.78, 5) is 11.1. The monoisotopic (exact) mass is 218 g/mol. The minimum absolute atomic E-state index is 0.308. The van der Waals surface area contributed by atoms with Gasteiger partial charge in [-0.15, -0.1) is 0 Å². The molecule has 70 valence electrons. The smallest absolute Gasteiger partial charge is 0.339 e. The van der Waals surface area contributed by atoms with Gasteiger partial charge in [0.15, 0.2) is 0 Å². The van der Waals surface area contributed by atoms with E-state index in [4.69, 9.17) is 23.2 Å². The van der Waals surface area contributed by atoms with E-state index in [1.165, 1.54) is 13.2 Å². The van der Waals surface area contributed by atoms with E-state index in [0.29, 0.717) is 15.6 Å². The van der Waals surface area contributed by atoms with Crippen molar-refractivity contribution < 1.29 is 9.53 Å². The third kappa shape index (κ3) is 2.14. The van der Waals surface area contributed by atoms with Crippen LogP contribution < -0.4 is 0 Å². The van der Waals surface area contributed by atoms with Gasteiger partial charge in [0.1, 0.15) is 0 Å². The van der Waals surface area contributed by atoms with Crippen LogP contribution in [0.4, 0.5) is 0 Å². The van der Waals surface area contributed by atoms with Crippen LogP contribution in [-0.2, 0) is 4.74 Å². The molecule has 0 fully saturated rings. The molecular weight excluding hydrogens is 211 g/mol. The maximum Gasteiger partial charge on any atom is 0.339 e. The van der Waals surface area contributed by atoms with E-state index in [1.807, 2.05) is 0 Å². The van der Waals surface area contributed by atoms with Crippen LogP contribution in [0.15, 0.2) is 12.1 Å². The molecule has 0 radical (unpaired) electrons. The Balaban J connectivity index is 3.23. The van der Waals surface area contributed by atoms with Crippen molar-refractivity contribution >= 4 is 29.2 Å². The van der Waals surface area contributed by atoms with Gasteiger partial charge in [0.05, 0.1) is 17.7 Å². The lowest BCUT2D eigenvalue weighted by Gasteiger charge is -2.04. The zero-order valence-corrected chi connectivity index (χ0v) is 8.74. The molecular formula is C9H8Cl2O2. The van der Waals surface area contributed by atoms with Gasteiger partial charge in [-0.1, -0.05) is 23.2 Å². The minimum Gasteiger partial charge on any atom is -0.465 e. The van der Waals surface area contributed by atoms with Crippen LogP contribution in [0.3, 0.4) is 0 Å². The molecule has 1 aromatic rings. The van der Waals surface area contributed by atoms with E-state index in [-0.39, 0.29) is 0 Å². The van der Waals surface area contributed by atoms with Crippen molar-refractivity contribution in [3.8, 4) is 0 Å². The Hall–Kier alpha value is -0.730. The first-order valence-electron chi connectivity index (χ1n) is 3.60. The van der Waals surface area contributed by atoms with Gasteiger partial charge >= 0.3 is 5.97 Å². The van der Waals surface area contributed by atoms with Gasteiger partial charge in [-0.3, -0.25) is 0 Å². The van der Waals surface area contributed by atoms with Crippen molar-refractivity contribution in [3.63, 3.8) is 0 Å². The van der Waals surface area contributed by atoms with Crippen LogP contribution in [0.5, 0.6) is 0 Å². The minimum atomic E-state index is -0.454. The molecule has 1 aromatic carbocycles. The van der Waals surface area contributed by atoms with Crippen molar-refractivity contribution in [1.29, 1.82) is 0 Å². The Kier molecular flexibility index (Phi) is 3.17. The predicted molar refractivity (Wildman–Crippen MR) is 52.5 cm³/mol. The van der Waals surface area contributed by atoms with Gasteiger partial charge in [-0.25, -0.2) is 4.79 Å². The summed E-state index contributed by atoms with van der Waals surface area (Å²) in [6.45, 7) is 1.80. The van der Waals surface area contributed by atoms with Crippen molar-refractivity contribution in [1.82, 2.24) is 0 Å². The molecule has 0 unspecified atom stereocenters. The number of aryl methyl sites for hydroxylation is 1. The number of halogens is 2. The van der Waals surface area contributed by atoms with Gasteiger partial charge in [-0.2, -0.15) is 0 Å². The Morgan fingerprint density at radius 3 is 2.46 bits per heavy atom. The first-order chi connectivity index (χ1) is 6.06. The average molecular weight is 219 g/mol. The average Bonchev–Trinajstić information content (AvgIpc) is 2.10. The zero-order chi connectivity index (χ0) is 10.0. The first kappa shape index (κ1) is 10.4. The van der Waals surface area contributed by atoms with E-state index in [2.05, 4.69) is 4.74 Å². The van der Waals surface area contributed by atoms with Gasteiger partial charge < -0.3 is 4.74 Å². The Bertz CT molecular complexity index is 348. The largest absolute Gasteiger partial charge is 0.465 e. The summed E-state index contributed by atoms with van der Waals surface area (Å²) >= 11 is 11.6. The summed E-state index contributed by atoms with van der Waals surface area (Å²) in [7, 11) is 1.31. The van der Waals surface area contributed by atoms with Gasteiger partial charge in [0.25, 0.3) is 0 Å². The molecule has 0 heterocycles. The van der Waals surface area contributed by atoms with Crippen LogP contribution >= 0.6 is 23.2 Å². The van der Waals surface area contributed by atoms with E-state index in [0.717, 1.165) is 5.56 Å². The Morgan fingerprint density at radius 2 is 1.92 bits per heavy atom. The van der Waals surface area contributed by atoms with Gasteiger partial charge in [0, 0.05) is 5.02 Å². The lowest BCUT2D eigenvalue weighted by Crippen LogP contribution is -2.02. The van der Waals surface area contributed by atoms with E-state index < -0.39 is 5.97 Å². The highest BCUT2D eigenvalue weighted by molar-refractivity contribution is 6.37. The molecule has 0 amide bonds. The summed E-state index contributed by atoms with van der Waals surface area (Å²) < 4.78 is 4.55. The zero-order valence-electron chi connectivity index (χ0n) is 7.23. The van der Waals surface area contributed by atoms with Crippen molar-refractivity contribution in [2.24, 2.45) is 0 Å². The molecule has 0 aliphatic carbocycles. The Labute approximate surface area is 86.4 Å². The number of hydrogen-bond acceptors (Lipinski definition) is 2. The number of carbonyl (C=O) groups excluding carboxylic acids is 1. The van der Waals surface area contributed by atoms with Crippen LogP contribution in [-0.4, -0.2) is 13.1 Å². The summed E-state index contributed by atoms with van der Waals surface area (Å²) in [5, 5.41) is 0.847. The Morgan fingerprint density at radius 1 is 1.31 bits per heavy atom. The van der Waals surface area contributed by atoms with Crippen molar-refractivity contribution in [3.05, 3.63) is 33.3 Å². The third-order valence-electron chi connectivity index (χ3n) is 1.65. The molecule has 0 bridgehead atoms. The molecule has 0 N–H and O–H groups in total. The fraction of sp³-hybridized carbons (Fsp3) is 0.222. The number of hydrogen-bond donors (Lipinski definition) is 0. The normalized spacial score (nSPS) is 9.85. The first-order valence-corrected chi connectivity index (χ1v) is 4.36. The molecule has 0 spiro atoms. The molecule has 4 heteroatoms. The maximum atomic E-state index is 11.1. The summed E-state index contributed by atoms with van der Waals surface area (Å²) in [5.41, 5.74) is 1.14. The summed E-state index contributed by atoms with van der Waals surface area (Å²) in [6, 6.07) is 3.14. The third-order valence-corrected chi connectivity index (χ3v) is 2.37. The highest BCUT2D eigenvalue weighted by atomic mass is 35.5. The van der Waals surface area contributed by atoms with Crippen LogP contribution in [0.25, 0.3) is 0 Å². The molecule has 0 saturated heterocycles. The summed E-state index contributed by atoms with van der Waals surface area (Å²) in [5.74, 6) is -0.454. The second kappa shape index (κ2) is 3.99. The van der Waals surface area contributed by atoms with E-state index in [1.54, 1.807) is 13.0 Å². The fourth-order valence-corrected chi connectivity index (χ4v) is 1.38. The number of esters is 1. The molecule has 1 rings (SSSR count). The fourth-order valence-electron chi connectivity index (χ4n) is 0.924. The molecule has 0 aliphatic heterocycles. The molecule has 0 aromatic heterocycles. The number of carbonyl (C=O) groups is 1. The van der Waals surface area contributed by atoms with Crippen LogP contribution in [0.2, 0.25) is 10.0 Å². The lowest BCUT2D eigenvalue weighted by molar-refractivity contribution is 0.0601. The molecule has 2 nitrogen and oxygen atoms in total. The number of benzene rings is 1. The molecule has 0 atom stereocenters. The number of rotatable bonds is 1. The van der Waals surface area contributed by atoms with Crippen LogP contribution in [0, 0.1) is 6.92 Å². The van der Waals surface area contributed by atoms with Gasteiger partial charge in [0.2, 0.25) is 0 Å².